The number of benzene rings is 1. The third-order valence-electron chi connectivity index (χ3n) is 1.89. The smallest absolute Gasteiger partial charge is 0.328 e. The fourth-order valence-corrected chi connectivity index (χ4v) is 1.56. The van der Waals surface area contributed by atoms with Gasteiger partial charge in [0.2, 0.25) is 0 Å². The van der Waals surface area contributed by atoms with Crippen molar-refractivity contribution in [2.24, 2.45) is 0 Å². The molecule has 0 aliphatic heterocycles. The van der Waals surface area contributed by atoms with E-state index >= 15 is 0 Å². The molecule has 0 spiro atoms. The van der Waals surface area contributed by atoms with E-state index in [2.05, 4.69) is 21.2 Å². The van der Waals surface area contributed by atoms with E-state index in [9.17, 15) is 4.79 Å². The van der Waals surface area contributed by atoms with Gasteiger partial charge in [0.25, 0.3) is 0 Å². The number of methoxy groups -OCH3 is 1. The quantitative estimate of drug-likeness (QED) is 0.878. The molecule has 1 rings (SSSR count). The molecule has 0 amide bonds. The first kappa shape index (κ1) is 13.3. The number of carboxylic acid groups (broad SMARTS) is 1. The molecule has 0 fully saturated rings. The molecule has 1 aromatic rings. The van der Waals surface area contributed by atoms with Gasteiger partial charge in [0, 0.05) is 17.3 Å². The van der Waals surface area contributed by atoms with Gasteiger partial charge in [0.05, 0.1) is 11.6 Å². The van der Waals surface area contributed by atoms with E-state index in [4.69, 9.17) is 21.4 Å². The van der Waals surface area contributed by atoms with Crippen LogP contribution in [0.15, 0.2) is 22.7 Å². The highest BCUT2D eigenvalue weighted by Gasteiger charge is 2.16. The van der Waals surface area contributed by atoms with Gasteiger partial charge in [-0.25, -0.2) is 4.79 Å². The standard InChI is InChI=1S/C10H11BrClNO3/c1-16-5-9(10(14)15)13-6-2-3-7(11)8(12)4-6/h2-4,9,13H,5H2,1H3,(H,14,15). The fraction of sp³-hybridized carbons (Fsp3) is 0.300. The zero-order chi connectivity index (χ0) is 12.1. The van der Waals surface area contributed by atoms with Crippen molar-refractivity contribution in [1.82, 2.24) is 0 Å². The summed E-state index contributed by atoms with van der Waals surface area (Å²) in [6, 6.07) is 4.34. The predicted molar refractivity (Wildman–Crippen MR) is 66.1 cm³/mol. The third kappa shape index (κ3) is 3.66. The van der Waals surface area contributed by atoms with Gasteiger partial charge in [-0.1, -0.05) is 11.6 Å². The summed E-state index contributed by atoms with van der Waals surface area (Å²) >= 11 is 9.14. The first-order chi connectivity index (χ1) is 7.54. The topological polar surface area (TPSA) is 58.6 Å². The summed E-state index contributed by atoms with van der Waals surface area (Å²) < 4.78 is 5.57. The summed E-state index contributed by atoms with van der Waals surface area (Å²) in [5, 5.41) is 12.2. The molecule has 0 saturated carbocycles. The Bertz CT molecular complexity index is 386. The lowest BCUT2D eigenvalue weighted by atomic mass is 10.2. The highest BCUT2D eigenvalue weighted by Crippen LogP contribution is 2.25. The van der Waals surface area contributed by atoms with Crippen LogP contribution < -0.4 is 5.32 Å². The molecule has 0 aliphatic carbocycles. The number of anilines is 1. The molecule has 1 aromatic carbocycles. The molecular formula is C10H11BrClNO3. The van der Waals surface area contributed by atoms with Gasteiger partial charge in [-0.3, -0.25) is 0 Å². The molecule has 16 heavy (non-hydrogen) atoms. The van der Waals surface area contributed by atoms with E-state index in [1.54, 1.807) is 18.2 Å². The molecule has 0 saturated heterocycles. The normalized spacial score (nSPS) is 12.2. The lowest BCUT2D eigenvalue weighted by molar-refractivity contribution is -0.139. The number of nitrogens with one attached hydrogen (secondary N) is 1. The number of carbonyl (C=O) groups is 1. The predicted octanol–water partition coefficient (Wildman–Crippen LogP) is 2.61. The summed E-state index contributed by atoms with van der Waals surface area (Å²) in [4.78, 5) is 10.9. The second-order valence-electron chi connectivity index (χ2n) is 3.12. The monoisotopic (exact) mass is 307 g/mol. The third-order valence-corrected chi connectivity index (χ3v) is 3.12. The van der Waals surface area contributed by atoms with E-state index in [0.717, 1.165) is 4.47 Å². The molecule has 6 heteroatoms. The zero-order valence-electron chi connectivity index (χ0n) is 8.54. The molecule has 1 unspecified atom stereocenters. The second kappa shape index (κ2) is 6.08. The minimum Gasteiger partial charge on any atom is -0.480 e. The SMILES string of the molecule is COCC(Nc1ccc(Br)c(Cl)c1)C(=O)O. The highest BCUT2D eigenvalue weighted by molar-refractivity contribution is 9.10. The van der Waals surface area contributed by atoms with Crippen LogP contribution in [-0.4, -0.2) is 30.8 Å². The Balaban J connectivity index is 2.77. The van der Waals surface area contributed by atoms with Crippen molar-refractivity contribution in [2.45, 2.75) is 6.04 Å². The van der Waals surface area contributed by atoms with Crippen LogP contribution in [0.3, 0.4) is 0 Å². The minimum absolute atomic E-state index is 0.0863. The number of hydrogen-bond acceptors (Lipinski definition) is 3. The number of halogens is 2. The first-order valence-electron chi connectivity index (χ1n) is 4.48. The van der Waals surface area contributed by atoms with Crippen molar-refractivity contribution >= 4 is 39.2 Å². The molecule has 0 radical (unpaired) electrons. The summed E-state index contributed by atoms with van der Waals surface area (Å²) in [6.45, 7) is 0.0863. The van der Waals surface area contributed by atoms with E-state index in [1.165, 1.54) is 7.11 Å². The van der Waals surface area contributed by atoms with Crippen LogP contribution in [0, 0.1) is 0 Å². The maximum absolute atomic E-state index is 10.9. The summed E-state index contributed by atoms with van der Waals surface area (Å²) in [5.41, 5.74) is 0.637. The lowest BCUT2D eigenvalue weighted by Gasteiger charge is -2.15. The van der Waals surface area contributed by atoms with Crippen LogP contribution in [0.5, 0.6) is 0 Å². The number of carboxylic acids is 1. The molecular weight excluding hydrogens is 297 g/mol. The summed E-state index contributed by atoms with van der Waals surface area (Å²) in [7, 11) is 1.45. The van der Waals surface area contributed by atoms with Gasteiger partial charge < -0.3 is 15.2 Å². The van der Waals surface area contributed by atoms with Crippen molar-refractivity contribution in [3.05, 3.63) is 27.7 Å². The molecule has 0 aromatic heterocycles. The van der Waals surface area contributed by atoms with Crippen molar-refractivity contribution in [1.29, 1.82) is 0 Å². The Hall–Kier alpha value is -0.780. The van der Waals surface area contributed by atoms with E-state index in [0.29, 0.717) is 10.7 Å². The average Bonchev–Trinajstić information content (AvgIpc) is 2.22. The van der Waals surface area contributed by atoms with Crippen LogP contribution in [0.2, 0.25) is 5.02 Å². The Morgan fingerprint density at radius 2 is 2.38 bits per heavy atom. The number of aliphatic carboxylic acids is 1. The highest BCUT2D eigenvalue weighted by atomic mass is 79.9. The van der Waals surface area contributed by atoms with Gasteiger partial charge in [-0.15, -0.1) is 0 Å². The van der Waals surface area contributed by atoms with E-state index < -0.39 is 12.0 Å². The number of ether oxygens (including phenoxy) is 1. The largest absolute Gasteiger partial charge is 0.480 e. The van der Waals surface area contributed by atoms with E-state index in [-0.39, 0.29) is 6.61 Å². The van der Waals surface area contributed by atoms with Gasteiger partial charge in [-0.05, 0) is 34.1 Å². The molecule has 2 N–H and O–H groups in total. The molecule has 88 valence electrons. The van der Waals surface area contributed by atoms with Crippen LogP contribution >= 0.6 is 27.5 Å². The van der Waals surface area contributed by atoms with Gasteiger partial charge >= 0.3 is 5.97 Å². The minimum atomic E-state index is -0.971. The molecule has 0 aliphatic rings. The number of hydrogen-bond donors (Lipinski definition) is 2. The van der Waals surface area contributed by atoms with E-state index in [1.807, 2.05) is 0 Å². The fourth-order valence-electron chi connectivity index (χ4n) is 1.13. The Morgan fingerprint density at radius 3 is 2.88 bits per heavy atom. The van der Waals surface area contributed by atoms with Crippen LogP contribution in [-0.2, 0) is 9.53 Å². The lowest BCUT2D eigenvalue weighted by Crippen LogP contribution is -2.33. The maximum Gasteiger partial charge on any atom is 0.328 e. The van der Waals surface area contributed by atoms with Gasteiger partial charge in [0.15, 0.2) is 0 Å². The van der Waals surface area contributed by atoms with Crippen LogP contribution in [0.4, 0.5) is 5.69 Å². The van der Waals surface area contributed by atoms with Crippen molar-refractivity contribution in [3.8, 4) is 0 Å². The maximum atomic E-state index is 10.9. The molecule has 4 nitrogen and oxygen atoms in total. The van der Waals surface area contributed by atoms with Gasteiger partial charge in [-0.2, -0.15) is 0 Å². The van der Waals surface area contributed by atoms with Crippen LogP contribution in [0.1, 0.15) is 0 Å². The Kier molecular flexibility index (Phi) is 5.05. The average molecular weight is 309 g/mol. The van der Waals surface area contributed by atoms with Crippen molar-refractivity contribution in [2.75, 3.05) is 19.0 Å². The summed E-state index contributed by atoms with van der Waals surface area (Å²) in [6.07, 6.45) is 0. The van der Waals surface area contributed by atoms with Crippen molar-refractivity contribution in [3.63, 3.8) is 0 Å². The second-order valence-corrected chi connectivity index (χ2v) is 4.38. The first-order valence-corrected chi connectivity index (χ1v) is 5.65. The Labute approximate surface area is 107 Å². The molecule has 0 bridgehead atoms. The van der Waals surface area contributed by atoms with Gasteiger partial charge in [0.1, 0.15) is 6.04 Å². The summed E-state index contributed by atoms with van der Waals surface area (Å²) in [5.74, 6) is -0.971. The Morgan fingerprint density at radius 1 is 1.69 bits per heavy atom. The zero-order valence-corrected chi connectivity index (χ0v) is 10.9. The van der Waals surface area contributed by atoms with Crippen molar-refractivity contribution < 1.29 is 14.6 Å². The molecule has 1 atom stereocenters. The number of rotatable bonds is 5. The molecule has 0 heterocycles. The van der Waals surface area contributed by atoms with Crippen LogP contribution in [0.25, 0.3) is 0 Å².